The average molecular weight is 588 g/mol. The maximum Gasteiger partial charge on any atom is 0.247 e. The molecule has 0 saturated heterocycles. The number of nitrogens with one attached hydrogen (secondary N) is 1. The van der Waals surface area contributed by atoms with E-state index in [1.54, 1.807) is 19.3 Å². The Morgan fingerprint density at radius 2 is 2.00 bits per heavy atom. The van der Waals surface area contributed by atoms with Crippen LogP contribution < -0.4 is 5.56 Å². The Kier molecular flexibility index (Phi) is 6.78. The van der Waals surface area contributed by atoms with Gasteiger partial charge in [-0.3, -0.25) is 9.48 Å². The molecular weight excluding hydrogens is 554 g/mol. The molecule has 1 aliphatic rings. The van der Waals surface area contributed by atoms with Crippen molar-refractivity contribution in [1.82, 2.24) is 34.1 Å². The fourth-order valence-corrected chi connectivity index (χ4v) is 5.78. The number of pyridine rings is 1. The van der Waals surface area contributed by atoms with Crippen LogP contribution in [0.25, 0.3) is 28.2 Å². The quantitative estimate of drug-likeness (QED) is 0.249. The summed E-state index contributed by atoms with van der Waals surface area (Å²) in [6.07, 6.45) is 12.0. The summed E-state index contributed by atoms with van der Waals surface area (Å²) in [5.41, 5.74) is 4.95. The number of aromatic nitrogens is 7. The highest BCUT2D eigenvalue weighted by molar-refractivity contribution is 5.79. The van der Waals surface area contributed by atoms with E-state index in [1.165, 1.54) is 6.07 Å². The highest BCUT2D eigenvalue weighted by atomic mass is 16.3. The molecule has 0 amide bonds. The predicted molar refractivity (Wildman–Crippen MR) is 168 cm³/mol. The minimum Gasteiger partial charge on any atom is -0.460 e. The van der Waals surface area contributed by atoms with Gasteiger partial charge in [-0.05, 0) is 73.9 Å². The van der Waals surface area contributed by atoms with Gasteiger partial charge < -0.3 is 19.1 Å². The number of rotatable bonds is 8. The van der Waals surface area contributed by atoms with Crippen molar-refractivity contribution >= 4 is 11.0 Å². The van der Waals surface area contributed by atoms with Crippen LogP contribution in [-0.2, 0) is 19.5 Å². The number of H-pyrrole nitrogens is 1. The Balaban J connectivity index is 1.37. The lowest BCUT2D eigenvalue weighted by molar-refractivity contribution is 0.0901. The third-order valence-electron chi connectivity index (χ3n) is 8.14. The standard InChI is InChI=1S/C34H33N7O3/c1-4-25-17-30(31-10-6-22(2)44-31)41(38-25)26-8-9-29-28(18-26)37-33(40(29)21-24-7-11-32(42)35-19-24)27-16-23(12-13-34(27,3)43)20-39-15-5-14-36-39/h5-19,27,43H,4,20-21H2,1-3H3,(H,35,42). The number of benzene rings is 1. The zero-order chi connectivity index (χ0) is 30.4. The summed E-state index contributed by atoms with van der Waals surface area (Å²) in [7, 11) is 0. The van der Waals surface area contributed by atoms with Gasteiger partial charge in [0.2, 0.25) is 5.56 Å². The highest BCUT2D eigenvalue weighted by Crippen LogP contribution is 2.38. The van der Waals surface area contributed by atoms with E-state index in [0.717, 1.165) is 57.2 Å². The Bertz CT molecular complexity index is 2070. The molecule has 2 N–H and O–H groups in total. The van der Waals surface area contributed by atoms with Crippen LogP contribution in [0.3, 0.4) is 0 Å². The second-order valence-electron chi connectivity index (χ2n) is 11.5. The fraction of sp³-hybridized carbons (Fsp3) is 0.235. The monoisotopic (exact) mass is 587 g/mol. The van der Waals surface area contributed by atoms with Gasteiger partial charge in [-0.2, -0.15) is 10.2 Å². The van der Waals surface area contributed by atoms with Crippen molar-refractivity contribution in [2.24, 2.45) is 0 Å². The largest absolute Gasteiger partial charge is 0.460 e. The van der Waals surface area contributed by atoms with Crippen molar-refractivity contribution in [2.75, 3.05) is 0 Å². The van der Waals surface area contributed by atoms with Crippen LogP contribution in [-0.4, -0.2) is 44.8 Å². The maximum absolute atomic E-state index is 11.8. The number of aliphatic hydroxyl groups is 1. The van der Waals surface area contributed by atoms with E-state index < -0.39 is 11.5 Å². The second kappa shape index (κ2) is 10.8. The van der Waals surface area contributed by atoms with Crippen LogP contribution in [0.15, 0.2) is 106 Å². The highest BCUT2D eigenvalue weighted by Gasteiger charge is 2.36. The van der Waals surface area contributed by atoms with E-state index >= 15 is 0 Å². The molecule has 6 aromatic rings. The average Bonchev–Trinajstić information content (AvgIpc) is 3.82. The third-order valence-corrected chi connectivity index (χ3v) is 8.14. The molecule has 0 aliphatic heterocycles. The molecule has 222 valence electrons. The topological polar surface area (TPSA) is 120 Å². The van der Waals surface area contributed by atoms with Gasteiger partial charge in [-0.15, -0.1) is 0 Å². The first kappa shape index (κ1) is 27.6. The predicted octanol–water partition coefficient (Wildman–Crippen LogP) is 5.32. The molecule has 5 aromatic heterocycles. The SMILES string of the molecule is CCc1cc(-c2ccc(C)o2)n(-c2ccc3c(c2)nc(C2C=C(Cn4cccn4)C=CC2(C)O)n3Cc2ccc(=O)[nH]c2)n1. The van der Waals surface area contributed by atoms with Gasteiger partial charge in [0.15, 0.2) is 5.76 Å². The first-order chi connectivity index (χ1) is 21.3. The van der Waals surface area contributed by atoms with Gasteiger partial charge in [0, 0.05) is 24.7 Å². The van der Waals surface area contributed by atoms with E-state index in [0.29, 0.717) is 18.9 Å². The first-order valence-electron chi connectivity index (χ1n) is 14.7. The van der Waals surface area contributed by atoms with E-state index in [4.69, 9.17) is 14.5 Å². The maximum atomic E-state index is 11.8. The number of aromatic amines is 1. The summed E-state index contributed by atoms with van der Waals surface area (Å²) in [6.45, 7) is 6.85. The molecule has 1 aromatic carbocycles. The number of hydrogen-bond donors (Lipinski definition) is 2. The molecule has 0 spiro atoms. The lowest BCUT2D eigenvalue weighted by atomic mass is 9.82. The summed E-state index contributed by atoms with van der Waals surface area (Å²) in [5.74, 6) is 1.86. The second-order valence-corrected chi connectivity index (χ2v) is 11.5. The number of furan rings is 1. The molecule has 44 heavy (non-hydrogen) atoms. The molecule has 10 heteroatoms. The normalized spacial score (nSPS) is 18.3. The molecule has 2 atom stereocenters. The molecule has 0 saturated carbocycles. The molecule has 2 unspecified atom stereocenters. The minimum atomic E-state index is -1.18. The summed E-state index contributed by atoms with van der Waals surface area (Å²) in [4.78, 5) is 19.7. The molecule has 10 nitrogen and oxygen atoms in total. The van der Waals surface area contributed by atoms with Gasteiger partial charge in [0.05, 0.1) is 47.0 Å². The molecule has 0 fully saturated rings. The smallest absolute Gasteiger partial charge is 0.247 e. The van der Waals surface area contributed by atoms with Crippen LogP contribution in [0.5, 0.6) is 0 Å². The van der Waals surface area contributed by atoms with Crippen molar-refractivity contribution in [1.29, 1.82) is 0 Å². The van der Waals surface area contributed by atoms with Crippen molar-refractivity contribution in [3.63, 3.8) is 0 Å². The Hall–Kier alpha value is -5.22. The number of hydrogen-bond acceptors (Lipinski definition) is 6. The number of allylic oxidation sites excluding steroid dienone is 2. The first-order valence-corrected chi connectivity index (χ1v) is 14.7. The number of fused-ring (bicyclic) bond motifs is 1. The zero-order valence-corrected chi connectivity index (χ0v) is 24.8. The minimum absolute atomic E-state index is 0.158. The van der Waals surface area contributed by atoms with Crippen LogP contribution >= 0.6 is 0 Å². The van der Waals surface area contributed by atoms with Crippen molar-refractivity contribution in [3.05, 3.63) is 130 Å². The van der Waals surface area contributed by atoms with Gasteiger partial charge >= 0.3 is 0 Å². The molecule has 1 aliphatic carbocycles. The van der Waals surface area contributed by atoms with E-state index in [2.05, 4.69) is 33.7 Å². The number of aryl methyl sites for hydroxylation is 2. The fourth-order valence-electron chi connectivity index (χ4n) is 5.78. The number of nitrogens with zero attached hydrogens (tertiary/aromatic N) is 6. The van der Waals surface area contributed by atoms with Gasteiger partial charge in [0.1, 0.15) is 17.3 Å². The molecule has 0 bridgehead atoms. The van der Waals surface area contributed by atoms with Gasteiger partial charge in [-0.1, -0.05) is 31.2 Å². The van der Waals surface area contributed by atoms with Crippen LogP contribution in [0.1, 0.15) is 42.6 Å². The summed E-state index contributed by atoms with van der Waals surface area (Å²) < 4.78 is 11.8. The Morgan fingerprint density at radius 3 is 2.73 bits per heavy atom. The number of imidazole rings is 1. The Morgan fingerprint density at radius 1 is 1.11 bits per heavy atom. The lowest BCUT2D eigenvalue weighted by Crippen LogP contribution is -2.33. The third kappa shape index (κ3) is 5.13. The van der Waals surface area contributed by atoms with Gasteiger partial charge in [0.25, 0.3) is 0 Å². The molecule has 5 heterocycles. The van der Waals surface area contributed by atoms with E-state index in [9.17, 15) is 9.90 Å². The van der Waals surface area contributed by atoms with E-state index in [-0.39, 0.29) is 5.56 Å². The molecule has 7 rings (SSSR count). The van der Waals surface area contributed by atoms with Crippen molar-refractivity contribution < 1.29 is 9.52 Å². The summed E-state index contributed by atoms with van der Waals surface area (Å²) in [6, 6.07) is 17.3. The van der Waals surface area contributed by atoms with Crippen LogP contribution in [0.2, 0.25) is 0 Å². The van der Waals surface area contributed by atoms with Crippen molar-refractivity contribution in [3.8, 4) is 17.1 Å². The van der Waals surface area contributed by atoms with Crippen LogP contribution in [0, 0.1) is 6.92 Å². The lowest BCUT2D eigenvalue weighted by Gasteiger charge is -2.31. The summed E-state index contributed by atoms with van der Waals surface area (Å²) >= 11 is 0. The van der Waals surface area contributed by atoms with Crippen molar-refractivity contribution in [2.45, 2.75) is 51.8 Å². The molecule has 0 radical (unpaired) electrons. The zero-order valence-electron chi connectivity index (χ0n) is 24.8. The summed E-state index contributed by atoms with van der Waals surface area (Å²) in [5, 5.41) is 20.9. The van der Waals surface area contributed by atoms with Gasteiger partial charge in [-0.25, -0.2) is 9.67 Å². The Labute approximate surface area is 253 Å². The van der Waals surface area contributed by atoms with Crippen LogP contribution in [0.4, 0.5) is 0 Å². The molecular formula is C34H33N7O3. The van der Waals surface area contributed by atoms with E-state index in [1.807, 2.05) is 77.1 Å².